The van der Waals surface area contributed by atoms with Gasteiger partial charge in [0.2, 0.25) is 0 Å². The van der Waals surface area contributed by atoms with E-state index in [-0.39, 0.29) is 0 Å². The lowest BCUT2D eigenvalue weighted by Gasteiger charge is -2.01. The van der Waals surface area contributed by atoms with Crippen molar-refractivity contribution in [3.63, 3.8) is 0 Å². The molecule has 1 aromatic rings. The number of hydrogen-bond donors (Lipinski definition) is 1. The second-order valence-corrected chi connectivity index (χ2v) is 4.14. The monoisotopic (exact) mass is 170 g/mol. The van der Waals surface area contributed by atoms with Crippen molar-refractivity contribution in [2.24, 2.45) is 5.73 Å². The van der Waals surface area contributed by atoms with Crippen molar-refractivity contribution < 1.29 is 0 Å². The molecule has 0 saturated heterocycles. The average Bonchev–Trinajstić information content (AvgIpc) is 2.30. The van der Waals surface area contributed by atoms with Crippen LogP contribution in [0.25, 0.3) is 0 Å². The van der Waals surface area contributed by atoms with Crippen molar-refractivity contribution >= 4 is 11.3 Å². The minimum Gasteiger partial charge on any atom is -0.325 e. The molecule has 0 saturated carbocycles. The SMILES string of the molecule is Cc1nc(CN)c(C(C)C)s1. The molecule has 0 bridgehead atoms. The highest BCUT2D eigenvalue weighted by molar-refractivity contribution is 7.11. The Morgan fingerprint density at radius 3 is 2.55 bits per heavy atom. The molecule has 11 heavy (non-hydrogen) atoms. The lowest BCUT2D eigenvalue weighted by atomic mass is 10.1. The minimum atomic E-state index is 0.555. The van der Waals surface area contributed by atoms with Crippen LogP contribution in [0.5, 0.6) is 0 Å². The van der Waals surface area contributed by atoms with Gasteiger partial charge in [-0.2, -0.15) is 0 Å². The molecule has 0 amide bonds. The standard InChI is InChI=1S/C8H14N2S/c1-5(2)8-7(4-9)10-6(3)11-8/h5H,4,9H2,1-3H3. The van der Waals surface area contributed by atoms with Crippen molar-refractivity contribution in [2.45, 2.75) is 33.2 Å². The molecule has 0 fully saturated rings. The van der Waals surface area contributed by atoms with E-state index in [0.717, 1.165) is 10.7 Å². The van der Waals surface area contributed by atoms with Crippen molar-refractivity contribution in [1.29, 1.82) is 0 Å². The highest BCUT2D eigenvalue weighted by Crippen LogP contribution is 2.25. The summed E-state index contributed by atoms with van der Waals surface area (Å²) in [7, 11) is 0. The molecule has 1 rings (SSSR count). The Hall–Kier alpha value is -0.410. The van der Waals surface area contributed by atoms with Crippen LogP contribution in [0.2, 0.25) is 0 Å². The first-order valence-electron chi connectivity index (χ1n) is 3.81. The van der Waals surface area contributed by atoms with Gasteiger partial charge in [0, 0.05) is 11.4 Å². The zero-order valence-corrected chi connectivity index (χ0v) is 8.03. The van der Waals surface area contributed by atoms with Crippen molar-refractivity contribution in [3.8, 4) is 0 Å². The number of rotatable bonds is 2. The van der Waals surface area contributed by atoms with Gasteiger partial charge in [-0.15, -0.1) is 11.3 Å². The van der Waals surface area contributed by atoms with Crippen LogP contribution in [0.4, 0.5) is 0 Å². The fourth-order valence-corrected chi connectivity index (χ4v) is 2.04. The van der Waals surface area contributed by atoms with Crippen molar-refractivity contribution in [1.82, 2.24) is 4.98 Å². The molecule has 0 aliphatic heterocycles. The summed E-state index contributed by atoms with van der Waals surface area (Å²) in [6, 6.07) is 0. The summed E-state index contributed by atoms with van der Waals surface area (Å²) in [4.78, 5) is 5.68. The summed E-state index contributed by atoms with van der Waals surface area (Å²) in [6.45, 7) is 6.94. The van der Waals surface area contributed by atoms with Crippen LogP contribution in [0, 0.1) is 6.92 Å². The summed E-state index contributed by atoms with van der Waals surface area (Å²) >= 11 is 1.76. The number of aromatic nitrogens is 1. The van der Waals surface area contributed by atoms with E-state index in [1.807, 2.05) is 6.92 Å². The summed E-state index contributed by atoms with van der Waals surface area (Å²) < 4.78 is 0. The van der Waals surface area contributed by atoms with E-state index in [4.69, 9.17) is 5.73 Å². The normalized spacial score (nSPS) is 11.0. The third kappa shape index (κ3) is 1.79. The molecule has 2 nitrogen and oxygen atoms in total. The number of thiazole rings is 1. The smallest absolute Gasteiger partial charge is 0.0900 e. The zero-order valence-electron chi connectivity index (χ0n) is 7.22. The number of aryl methyl sites for hydroxylation is 1. The van der Waals surface area contributed by atoms with Crippen molar-refractivity contribution in [2.75, 3.05) is 0 Å². The molecule has 1 heterocycles. The Labute approximate surface area is 71.5 Å². The molecule has 1 aromatic heterocycles. The van der Waals surface area contributed by atoms with Crippen LogP contribution >= 0.6 is 11.3 Å². The van der Waals surface area contributed by atoms with Gasteiger partial charge in [-0.25, -0.2) is 4.98 Å². The molecule has 0 unspecified atom stereocenters. The third-order valence-electron chi connectivity index (χ3n) is 1.55. The number of nitrogens with zero attached hydrogens (tertiary/aromatic N) is 1. The van der Waals surface area contributed by atoms with E-state index in [0.29, 0.717) is 12.5 Å². The van der Waals surface area contributed by atoms with Crippen LogP contribution in [-0.2, 0) is 6.54 Å². The lowest BCUT2D eigenvalue weighted by Crippen LogP contribution is -2.00. The van der Waals surface area contributed by atoms with Crippen LogP contribution < -0.4 is 5.73 Å². The average molecular weight is 170 g/mol. The Bertz CT molecular complexity index is 240. The fourth-order valence-electron chi connectivity index (χ4n) is 1.08. The van der Waals surface area contributed by atoms with E-state index in [1.54, 1.807) is 11.3 Å². The van der Waals surface area contributed by atoms with E-state index in [2.05, 4.69) is 18.8 Å². The van der Waals surface area contributed by atoms with Crippen LogP contribution in [0.1, 0.15) is 35.3 Å². The van der Waals surface area contributed by atoms with Crippen LogP contribution in [-0.4, -0.2) is 4.98 Å². The lowest BCUT2D eigenvalue weighted by molar-refractivity contribution is 0.847. The first-order chi connectivity index (χ1) is 5.15. The van der Waals surface area contributed by atoms with Crippen LogP contribution in [0.15, 0.2) is 0 Å². The maximum Gasteiger partial charge on any atom is 0.0900 e. The van der Waals surface area contributed by atoms with Gasteiger partial charge in [-0.05, 0) is 12.8 Å². The van der Waals surface area contributed by atoms with Gasteiger partial charge < -0.3 is 5.73 Å². The molecule has 0 spiro atoms. The largest absolute Gasteiger partial charge is 0.325 e. The summed E-state index contributed by atoms with van der Waals surface area (Å²) in [6.07, 6.45) is 0. The molecule has 0 aliphatic rings. The number of hydrogen-bond acceptors (Lipinski definition) is 3. The Kier molecular flexibility index (Phi) is 2.62. The quantitative estimate of drug-likeness (QED) is 0.737. The van der Waals surface area contributed by atoms with E-state index < -0.39 is 0 Å². The highest BCUT2D eigenvalue weighted by atomic mass is 32.1. The zero-order chi connectivity index (χ0) is 8.43. The first-order valence-corrected chi connectivity index (χ1v) is 4.63. The van der Waals surface area contributed by atoms with Gasteiger partial charge in [0.05, 0.1) is 10.7 Å². The summed E-state index contributed by atoms with van der Waals surface area (Å²) in [5.41, 5.74) is 6.62. The summed E-state index contributed by atoms with van der Waals surface area (Å²) in [5.74, 6) is 0.555. The van der Waals surface area contributed by atoms with Crippen molar-refractivity contribution in [3.05, 3.63) is 15.6 Å². The van der Waals surface area contributed by atoms with Gasteiger partial charge in [0.1, 0.15) is 0 Å². The Morgan fingerprint density at radius 1 is 1.55 bits per heavy atom. The van der Waals surface area contributed by atoms with E-state index in [1.165, 1.54) is 4.88 Å². The van der Waals surface area contributed by atoms with Crippen LogP contribution in [0.3, 0.4) is 0 Å². The maximum atomic E-state index is 5.55. The number of nitrogens with two attached hydrogens (primary N) is 1. The topological polar surface area (TPSA) is 38.9 Å². The van der Waals surface area contributed by atoms with Gasteiger partial charge in [-0.3, -0.25) is 0 Å². The second-order valence-electron chi connectivity index (χ2n) is 2.90. The molecule has 3 heteroatoms. The molecule has 0 atom stereocenters. The van der Waals surface area contributed by atoms with E-state index >= 15 is 0 Å². The highest BCUT2D eigenvalue weighted by Gasteiger charge is 2.09. The van der Waals surface area contributed by atoms with Gasteiger partial charge in [0.15, 0.2) is 0 Å². The predicted octanol–water partition coefficient (Wildman–Crippen LogP) is 2.03. The first kappa shape index (κ1) is 8.68. The molecule has 2 N–H and O–H groups in total. The molecule has 0 aliphatic carbocycles. The predicted molar refractivity (Wildman–Crippen MR) is 48.8 cm³/mol. The molecular formula is C8H14N2S. The maximum absolute atomic E-state index is 5.55. The fraction of sp³-hybridized carbons (Fsp3) is 0.625. The molecule has 62 valence electrons. The molecule has 0 radical (unpaired) electrons. The third-order valence-corrected chi connectivity index (χ3v) is 2.87. The van der Waals surface area contributed by atoms with Gasteiger partial charge in [-0.1, -0.05) is 13.8 Å². The Morgan fingerprint density at radius 2 is 2.18 bits per heavy atom. The minimum absolute atomic E-state index is 0.555. The molecule has 0 aromatic carbocycles. The van der Waals surface area contributed by atoms with E-state index in [9.17, 15) is 0 Å². The molecular weight excluding hydrogens is 156 g/mol. The second kappa shape index (κ2) is 3.32. The Balaban J connectivity index is 3.02. The van der Waals surface area contributed by atoms with Gasteiger partial charge >= 0.3 is 0 Å². The summed E-state index contributed by atoms with van der Waals surface area (Å²) in [5, 5.41) is 1.12. The van der Waals surface area contributed by atoms with Gasteiger partial charge in [0.25, 0.3) is 0 Å².